The van der Waals surface area contributed by atoms with Crippen LogP contribution in [0, 0.1) is 0 Å². The standard InChI is InChI=1S/C20H29N5/c1-23(2)19-13-15(10-11-21-19)14-25-12-6-9-18(25)20-22-16-7-4-5-8-17(16)24(20)3/h10-11,13,18H,4-9,12,14H2,1-3H3/t18-/m0/s1. The molecule has 0 unspecified atom stereocenters. The van der Waals surface area contributed by atoms with Gasteiger partial charge in [0.25, 0.3) is 0 Å². The third-order valence-corrected chi connectivity index (χ3v) is 5.72. The van der Waals surface area contributed by atoms with Crippen molar-refractivity contribution in [3.05, 3.63) is 41.1 Å². The Balaban J connectivity index is 1.57. The zero-order chi connectivity index (χ0) is 17.4. The van der Waals surface area contributed by atoms with Gasteiger partial charge in [0.2, 0.25) is 0 Å². The molecule has 0 bridgehead atoms. The van der Waals surface area contributed by atoms with Crippen molar-refractivity contribution in [3.8, 4) is 0 Å². The lowest BCUT2D eigenvalue weighted by atomic mass is 10.0. The molecule has 1 aliphatic heterocycles. The number of imidazole rings is 1. The molecule has 1 fully saturated rings. The molecule has 0 N–H and O–H groups in total. The number of fused-ring (bicyclic) bond motifs is 1. The minimum absolute atomic E-state index is 0.451. The predicted molar refractivity (Wildman–Crippen MR) is 101 cm³/mol. The number of hydrogen-bond donors (Lipinski definition) is 0. The normalized spacial score (nSPS) is 20.7. The molecule has 2 aliphatic rings. The van der Waals surface area contributed by atoms with Gasteiger partial charge in [-0.1, -0.05) is 0 Å². The lowest BCUT2D eigenvalue weighted by Crippen LogP contribution is -2.25. The number of likely N-dealkylation sites (tertiary alicyclic amines) is 1. The number of rotatable bonds is 4. The Bertz CT molecular complexity index is 749. The molecule has 1 saturated heterocycles. The molecule has 0 amide bonds. The fourth-order valence-electron chi connectivity index (χ4n) is 4.35. The van der Waals surface area contributed by atoms with Gasteiger partial charge in [-0.25, -0.2) is 9.97 Å². The molecule has 2 aromatic heterocycles. The molecular weight excluding hydrogens is 310 g/mol. The fraction of sp³-hybridized carbons (Fsp3) is 0.600. The lowest BCUT2D eigenvalue weighted by molar-refractivity contribution is 0.236. The van der Waals surface area contributed by atoms with Crippen LogP contribution in [-0.4, -0.2) is 40.1 Å². The number of anilines is 1. The Kier molecular flexibility index (Phi) is 4.50. The van der Waals surface area contributed by atoms with Crippen LogP contribution in [0.1, 0.15) is 54.5 Å². The van der Waals surface area contributed by atoms with Crippen molar-refractivity contribution in [1.82, 2.24) is 19.4 Å². The first-order chi connectivity index (χ1) is 12.1. The molecule has 0 saturated carbocycles. The second-order valence-electron chi connectivity index (χ2n) is 7.67. The summed E-state index contributed by atoms with van der Waals surface area (Å²) in [6.45, 7) is 2.13. The monoisotopic (exact) mass is 339 g/mol. The number of pyridine rings is 1. The van der Waals surface area contributed by atoms with Gasteiger partial charge in [-0.15, -0.1) is 0 Å². The highest BCUT2D eigenvalue weighted by Gasteiger charge is 2.31. The highest BCUT2D eigenvalue weighted by molar-refractivity contribution is 5.39. The van der Waals surface area contributed by atoms with E-state index in [2.05, 4.69) is 38.5 Å². The first-order valence-corrected chi connectivity index (χ1v) is 9.54. The van der Waals surface area contributed by atoms with Gasteiger partial charge in [0.1, 0.15) is 11.6 Å². The summed E-state index contributed by atoms with van der Waals surface area (Å²) < 4.78 is 2.40. The van der Waals surface area contributed by atoms with E-state index in [0.717, 1.165) is 25.3 Å². The molecule has 0 aromatic carbocycles. The summed E-state index contributed by atoms with van der Waals surface area (Å²) >= 11 is 0. The smallest absolute Gasteiger partial charge is 0.128 e. The topological polar surface area (TPSA) is 37.2 Å². The summed E-state index contributed by atoms with van der Waals surface area (Å²) in [7, 11) is 6.31. The second kappa shape index (κ2) is 6.79. The molecular formula is C20H29N5. The van der Waals surface area contributed by atoms with Crippen molar-refractivity contribution in [2.24, 2.45) is 7.05 Å². The first-order valence-electron chi connectivity index (χ1n) is 9.54. The predicted octanol–water partition coefficient (Wildman–Crippen LogP) is 3.10. The summed E-state index contributed by atoms with van der Waals surface area (Å²) in [6.07, 6.45) is 9.36. The van der Waals surface area contributed by atoms with Gasteiger partial charge in [-0.2, -0.15) is 0 Å². The van der Waals surface area contributed by atoms with Crippen LogP contribution in [0.5, 0.6) is 0 Å². The second-order valence-corrected chi connectivity index (χ2v) is 7.67. The van der Waals surface area contributed by atoms with Crippen LogP contribution in [0.3, 0.4) is 0 Å². The zero-order valence-electron chi connectivity index (χ0n) is 15.7. The quantitative estimate of drug-likeness (QED) is 0.858. The average molecular weight is 339 g/mol. The maximum atomic E-state index is 5.07. The summed E-state index contributed by atoms with van der Waals surface area (Å²) in [5.74, 6) is 2.31. The van der Waals surface area contributed by atoms with Crippen LogP contribution in [0.15, 0.2) is 18.3 Å². The van der Waals surface area contributed by atoms with Crippen molar-refractivity contribution in [3.63, 3.8) is 0 Å². The number of aryl methyl sites for hydroxylation is 1. The number of aromatic nitrogens is 3. The van der Waals surface area contributed by atoms with Crippen molar-refractivity contribution < 1.29 is 0 Å². The number of hydrogen-bond acceptors (Lipinski definition) is 4. The summed E-state index contributed by atoms with van der Waals surface area (Å²) in [5.41, 5.74) is 4.17. The van der Waals surface area contributed by atoms with Crippen LogP contribution in [0.4, 0.5) is 5.82 Å². The molecule has 1 aliphatic carbocycles. The first kappa shape index (κ1) is 16.6. The van der Waals surface area contributed by atoms with E-state index < -0.39 is 0 Å². The van der Waals surface area contributed by atoms with Crippen molar-refractivity contribution in [1.29, 1.82) is 0 Å². The Hall–Kier alpha value is -1.88. The van der Waals surface area contributed by atoms with Gasteiger partial charge in [0, 0.05) is 39.6 Å². The van der Waals surface area contributed by atoms with Crippen LogP contribution < -0.4 is 4.90 Å². The Labute approximate surface area is 150 Å². The van der Waals surface area contributed by atoms with Gasteiger partial charge in [0.15, 0.2) is 0 Å². The average Bonchev–Trinajstić information content (AvgIpc) is 3.20. The Morgan fingerprint density at radius 2 is 2.04 bits per heavy atom. The Morgan fingerprint density at radius 3 is 2.84 bits per heavy atom. The van der Waals surface area contributed by atoms with Crippen molar-refractivity contribution >= 4 is 5.82 Å². The molecule has 0 radical (unpaired) electrons. The number of nitrogens with zero attached hydrogens (tertiary/aromatic N) is 5. The molecule has 0 spiro atoms. The van der Waals surface area contributed by atoms with Gasteiger partial charge in [-0.3, -0.25) is 4.90 Å². The van der Waals surface area contributed by atoms with Gasteiger partial charge in [0.05, 0.1) is 11.7 Å². The maximum Gasteiger partial charge on any atom is 0.128 e. The zero-order valence-corrected chi connectivity index (χ0v) is 15.7. The fourth-order valence-corrected chi connectivity index (χ4v) is 4.35. The highest BCUT2D eigenvalue weighted by atomic mass is 15.2. The molecule has 2 aromatic rings. The van der Waals surface area contributed by atoms with E-state index in [1.54, 1.807) is 0 Å². The molecule has 5 nitrogen and oxygen atoms in total. The van der Waals surface area contributed by atoms with Crippen molar-refractivity contribution in [2.75, 3.05) is 25.5 Å². The molecule has 4 rings (SSSR count). The Morgan fingerprint density at radius 1 is 1.20 bits per heavy atom. The van der Waals surface area contributed by atoms with E-state index in [9.17, 15) is 0 Å². The molecule has 1 atom stereocenters. The van der Waals surface area contributed by atoms with Crippen LogP contribution in [0.25, 0.3) is 0 Å². The van der Waals surface area contributed by atoms with Gasteiger partial charge in [-0.05, 0) is 62.8 Å². The summed E-state index contributed by atoms with van der Waals surface area (Å²) in [5, 5.41) is 0. The SMILES string of the molecule is CN(C)c1cc(CN2CCC[C@H]2c2nc3c(n2C)CCCC3)ccn1. The third kappa shape index (κ3) is 3.17. The molecule has 3 heterocycles. The van der Waals surface area contributed by atoms with E-state index in [-0.39, 0.29) is 0 Å². The van der Waals surface area contributed by atoms with Crippen LogP contribution in [0.2, 0.25) is 0 Å². The summed E-state index contributed by atoms with van der Waals surface area (Å²) in [4.78, 5) is 14.2. The van der Waals surface area contributed by atoms with E-state index >= 15 is 0 Å². The molecule has 134 valence electrons. The van der Waals surface area contributed by atoms with E-state index in [4.69, 9.17) is 4.98 Å². The van der Waals surface area contributed by atoms with Gasteiger partial charge >= 0.3 is 0 Å². The van der Waals surface area contributed by atoms with E-state index in [1.807, 2.05) is 20.3 Å². The third-order valence-electron chi connectivity index (χ3n) is 5.72. The lowest BCUT2D eigenvalue weighted by Gasteiger charge is -2.25. The highest BCUT2D eigenvalue weighted by Crippen LogP contribution is 2.35. The minimum Gasteiger partial charge on any atom is -0.363 e. The van der Waals surface area contributed by atoms with E-state index in [0.29, 0.717) is 6.04 Å². The van der Waals surface area contributed by atoms with Crippen molar-refractivity contribution in [2.45, 2.75) is 51.1 Å². The van der Waals surface area contributed by atoms with Gasteiger partial charge < -0.3 is 9.47 Å². The maximum absolute atomic E-state index is 5.07. The van der Waals surface area contributed by atoms with E-state index in [1.165, 1.54) is 54.9 Å². The summed E-state index contributed by atoms with van der Waals surface area (Å²) in [6, 6.07) is 4.80. The van der Waals surface area contributed by atoms with Crippen LogP contribution in [-0.2, 0) is 26.4 Å². The van der Waals surface area contributed by atoms with Crippen LogP contribution >= 0.6 is 0 Å². The molecule has 25 heavy (non-hydrogen) atoms. The molecule has 5 heteroatoms. The minimum atomic E-state index is 0.451. The largest absolute Gasteiger partial charge is 0.363 e.